The van der Waals surface area contributed by atoms with Gasteiger partial charge in [0.1, 0.15) is 10.8 Å². The van der Waals surface area contributed by atoms with Gasteiger partial charge in [-0.25, -0.2) is 0 Å². The van der Waals surface area contributed by atoms with E-state index in [1.165, 1.54) is 11.3 Å². The van der Waals surface area contributed by atoms with Crippen LogP contribution in [0.1, 0.15) is 12.8 Å². The van der Waals surface area contributed by atoms with Crippen molar-refractivity contribution in [1.29, 1.82) is 0 Å². The smallest absolute Gasteiger partial charge is 0.243 e. The van der Waals surface area contributed by atoms with Crippen molar-refractivity contribution in [2.75, 3.05) is 19.0 Å². The van der Waals surface area contributed by atoms with Crippen molar-refractivity contribution < 1.29 is 9.53 Å². The normalized spacial score (nSPS) is 17.7. The maximum atomic E-state index is 12.0. The number of hydrogen-bond acceptors (Lipinski definition) is 6. The number of anilines is 1. The summed E-state index contributed by atoms with van der Waals surface area (Å²) in [6.45, 7) is 0.894. The van der Waals surface area contributed by atoms with E-state index in [1.54, 1.807) is 7.11 Å². The summed E-state index contributed by atoms with van der Waals surface area (Å²) in [4.78, 5) is 12.0. The van der Waals surface area contributed by atoms with Gasteiger partial charge in [0.15, 0.2) is 0 Å². The van der Waals surface area contributed by atoms with Crippen LogP contribution in [0.15, 0.2) is 24.3 Å². The summed E-state index contributed by atoms with van der Waals surface area (Å²) < 4.78 is 5.12. The molecule has 0 radical (unpaired) electrons. The zero-order valence-corrected chi connectivity index (χ0v) is 12.4. The van der Waals surface area contributed by atoms with Gasteiger partial charge < -0.3 is 10.1 Å². The van der Waals surface area contributed by atoms with E-state index in [-0.39, 0.29) is 11.9 Å². The molecule has 6 nitrogen and oxygen atoms in total. The zero-order valence-electron chi connectivity index (χ0n) is 11.6. The van der Waals surface area contributed by atoms with E-state index in [1.807, 2.05) is 24.3 Å². The second kappa shape index (κ2) is 6.19. The largest absolute Gasteiger partial charge is 0.497 e. The molecule has 2 N–H and O–H groups in total. The highest BCUT2D eigenvalue weighted by molar-refractivity contribution is 7.18. The molecular formula is C14H16N4O2S. The Labute approximate surface area is 126 Å². The Bertz CT molecular complexity index is 620. The molecular weight excluding hydrogens is 288 g/mol. The summed E-state index contributed by atoms with van der Waals surface area (Å²) in [6.07, 6.45) is 1.90. The maximum Gasteiger partial charge on any atom is 0.243 e. The zero-order chi connectivity index (χ0) is 14.7. The third kappa shape index (κ3) is 3.20. The molecule has 1 aromatic heterocycles. The van der Waals surface area contributed by atoms with Crippen molar-refractivity contribution in [3.05, 3.63) is 24.3 Å². The van der Waals surface area contributed by atoms with Crippen LogP contribution in [-0.2, 0) is 4.79 Å². The van der Waals surface area contributed by atoms with Gasteiger partial charge >= 0.3 is 0 Å². The summed E-state index contributed by atoms with van der Waals surface area (Å²) in [5.41, 5.74) is 0.952. The average molecular weight is 304 g/mol. The Balaban J connectivity index is 1.68. The monoisotopic (exact) mass is 304 g/mol. The highest BCUT2D eigenvalue weighted by Crippen LogP contribution is 2.27. The first-order valence-corrected chi connectivity index (χ1v) is 7.60. The second-order valence-electron chi connectivity index (χ2n) is 4.78. The lowest BCUT2D eigenvalue weighted by molar-refractivity contribution is -0.117. The molecule has 1 atom stereocenters. The van der Waals surface area contributed by atoms with E-state index in [0.29, 0.717) is 5.13 Å². The number of methoxy groups -OCH3 is 1. The third-order valence-electron chi connectivity index (χ3n) is 3.37. The van der Waals surface area contributed by atoms with Gasteiger partial charge in [0.05, 0.1) is 13.2 Å². The topological polar surface area (TPSA) is 76.1 Å². The molecule has 1 saturated heterocycles. The highest BCUT2D eigenvalue weighted by atomic mass is 32.1. The molecule has 1 amide bonds. The molecule has 0 bridgehead atoms. The molecule has 0 spiro atoms. The van der Waals surface area contributed by atoms with E-state index < -0.39 is 0 Å². The van der Waals surface area contributed by atoms with E-state index in [0.717, 1.165) is 35.7 Å². The maximum absolute atomic E-state index is 12.0. The number of nitrogens with zero attached hydrogens (tertiary/aromatic N) is 2. The lowest BCUT2D eigenvalue weighted by Gasteiger charge is -2.07. The van der Waals surface area contributed by atoms with Gasteiger partial charge in [-0.05, 0) is 43.7 Å². The summed E-state index contributed by atoms with van der Waals surface area (Å²) in [6, 6.07) is 7.47. The van der Waals surface area contributed by atoms with Crippen molar-refractivity contribution in [3.8, 4) is 16.3 Å². The van der Waals surface area contributed by atoms with Gasteiger partial charge in [0, 0.05) is 5.56 Å². The van der Waals surface area contributed by atoms with Crippen molar-refractivity contribution in [1.82, 2.24) is 15.5 Å². The summed E-state index contributed by atoms with van der Waals surface area (Å²) >= 11 is 1.36. The number of amides is 1. The molecule has 1 aliphatic heterocycles. The highest BCUT2D eigenvalue weighted by Gasteiger charge is 2.23. The lowest BCUT2D eigenvalue weighted by atomic mass is 10.2. The fraction of sp³-hybridized carbons (Fsp3) is 0.357. The van der Waals surface area contributed by atoms with Crippen molar-refractivity contribution in [2.45, 2.75) is 18.9 Å². The number of rotatable bonds is 4. The van der Waals surface area contributed by atoms with Crippen LogP contribution in [0.25, 0.3) is 10.6 Å². The molecule has 1 fully saturated rings. The van der Waals surface area contributed by atoms with Gasteiger partial charge in [0.2, 0.25) is 11.0 Å². The summed E-state index contributed by atoms with van der Waals surface area (Å²) in [7, 11) is 1.63. The molecule has 110 valence electrons. The number of ether oxygens (including phenoxy) is 1. The predicted octanol–water partition coefficient (Wildman–Crippen LogP) is 1.90. The molecule has 7 heteroatoms. The average Bonchev–Trinajstić information content (AvgIpc) is 3.19. The Kier molecular flexibility index (Phi) is 4.12. The number of benzene rings is 1. The van der Waals surface area contributed by atoms with Crippen LogP contribution in [0.4, 0.5) is 5.13 Å². The van der Waals surface area contributed by atoms with Gasteiger partial charge in [-0.15, -0.1) is 10.2 Å². The van der Waals surface area contributed by atoms with Crippen molar-refractivity contribution >= 4 is 22.4 Å². The van der Waals surface area contributed by atoms with Crippen LogP contribution in [-0.4, -0.2) is 35.8 Å². The van der Waals surface area contributed by atoms with Crippen LogP contribution in [0.5, 0.6) is 5.75 Å². The molecule has 0 aliphatic carbocycles. The van der Waals surface area contributed by atoms with Crippen LogP contribution >= 0.6 is 11.3 Å². The third-order valence-corrected chi connectivity index (χ3v) is 4.26. The number of nitrogens with one attached hydrogen (secondary N) is 2. The molecule has 2 aromatic rings. The van der Waals surface area contributed by atoms with E-state index in [9.17, 15) is 4.79 Å². The van der Waals surface area contributed by atoms with Crippen LogP contribution < -0.4 is 15.4 Å². The molecule has 0 saturated carbocycles. The molecule has 1 aromatic carbocycles. The fourth-order valence-electron chi connectivity index (χ4n) is 2.22. The van der Waals surface area contributed by atoms with Gasteiger partial charge in [-0.3, -0.25) is 10.1 Å². The van der Waals surface area contributed by atoms with E-state index in [4.69, 9.17) is 4.74 Å². The number of aromatic nitrogens is 2. The minimum atomic E-state index is -0.113. The molecule has 0 unspecified atom stereocenters. The van der Waals surface area contributed by atoms with Crippen LogP contribution in [0.3, 0.4) is 0 Å². The van der Waals surface area contributed by atoms with E-state index in [2.05, 4.69) is 20.8 Å². The lowest BCUT2D eigenvalue weighted by Crippen LogP contribution is -2.35. The molecule has 3 rings (SSSR count). The van der Waals surface area contributed by atoms with Gasteiger partial charge in [0.25, 0.3) is 0 Å². The van der Waals surface area contributed by atoms with Gasteiger partial charge in [-0.1, -0.05) is 11.3 Å². The first-order valence-electron chi connectivity index (χ1n) is 6.78. The summed E-state index contributed by atoms with van der Waals surface area (Å²) in [5.74, 6) is 0.758. The first-order chi connectivity index (χ1) is 10.3. The number of hydrogen-bond donors (Lipinski definition) is 2. The Hall–Kier alpha value is -1.99. The summed E-state index contributed by atoms with van der Waals surface area (Å²) in [5, 5.41) is 15.4. The standard InChI is InChI=1S/C14H16N4O2S/c1-20-10-6-4-9(5-7-10)13-17-18-14(21-13)16-12(19)11-3-2-8-15-11/h4-7,11,15H,2-3,8H2,1H3,(H,16,18,19)/t11-/m0/s1. The second-order valence-corrected chi connectivity index (χ2v) is 5.76. The van der Waals surface area contributed by atoms with Crippen molar-refractivity contribution in [2.24, 2.45) is 0 Å². The van der Waals surface area contributed by atoms with Gasteiger partial charge in [-0.2, -0.15) is 0 Å². The van der Waals surface area contributed by atoms with Crippen LogP contribution in [0.2, 0.25) is 0 Å². The first kappa shape index (κ1) is 14.0. The fourth-order valence-corrected chi connectivity index (χ4v) is 2.98. The Morgan fingerprint density at radius 1 is 1.38 bits per heavy atom. The van der Waals surface area contributed by atoms with E-state index >= 15 is 0 Å². The predicted molar refractivity (Wildman–Crippen MR) is 81.6 cm³/mol. The Morgan fingerprint density at radius 2 is 2.19 bits per heavy atom. The minimum Gasteiger partial charge on any atom is -0.497 e. The quantitative estimate of drug-likeness (QED) is 0.902. The molecule has 21 heavy (non-hydrogen) atoms. The van der Waals surface area contributed by atoms with Crippen LogP contribution in [0, 0.1) is 0 Å². The number of carbonyl (C=O) groups excluding carboxylic acids is 1. The Morgan fingerprint density at radius 3 is 2.86 bits per heavy atom. The molecule has 1 aliphatic rings. The SMILES string of the molecule is COc1ccc(-c2nnc(NC(=O)[C@@H]3CCCN3)s2)cc1. The number of carbonyl (C=O) groups is 1. The van der Waals surface area contributed by atoms with Crippen molar-refractivity contribution in [3.63, 3.8) is 0 Å². The molecule has 2 heterocycles. The minimum absolute atomic E-state index is 0.0371.